The third kappa shape index (κ3) is 3.15. The Morgan fingerprint density at radius 1 is 1.11 bits per heavy atom. The SMILES string of the molecule is CCC(CC)(CN)C(=O)c1ccc(C(F)(F)F)cc1. The number of carbonyl (C=O) groups excluding carboxylic acids is 1. The third-order valence-corrected chi connectivity index (χ3v) is 3.70. The van der Waals surface area contributed by atoms with Crippen molar-refractivity contribution in [1.82, 2.24) is 0 Å². The van der Waals surface area contributed by atoms with E-state index in [9.17, 15) is 18.0 Å². The Morgan fingerprint density at radius 3 is 1.89 bits per heavy atom. The molecular formula is C14H18F3NO. The molecule has 1 rings (SSSR count). The van der Waals surface area contributed by atoms with Crippen LogP contribution in [0.2, 0.25) is 0 Å². The van der Waals surface area contributed by atoms with Crippen molar-refractivity contribution in [2.24, 2.45) is 11.1 Å². The Bertz CT molecular complexity index is 425. The van der Waals surface area contributed by atoms with Gasteiger partial charge in [0.15, 0.2) is 5.78 Å². The molecule has 0 aliphatic rings. The van der Waals surface area contributed by atoms with Gasteiger partial charge in [-0.25, -0.2) is 0 Å². The van der Waals surface area contributed by atoms with Crippen LogP contribution in [0.1, 0.15) is 42.6 Å². The normalized spacial score (nSPS) is 12.5. The first-order valence-electron chi connectivity index (χ1n) is 6.23. The second-order valence-electron chi connectivity index (χ2n) is 4.60. The Balaban J connectivity index is 3.07. The Kier molecular flexibility index (Phi) is 4.74. The van der Waals surface area contributed by atoms with Gasteiger partial charge in [0.05, 0.1) is 5.56 Å². The van der Waals surface area contributed by atoms with Crippen LogP contribution in [-0.4, -0.2) is 12.3 Å². The lowest BCUT2D eigenvalue weighted by molar-refractivity contribution is -0.137. The fourth-order valence-corrected chi connectivity index (χ4v) is 2.07. The number of ketones is 1. The zero-order chi connectivity index (χ0) is 14.7. The van der Waals surface area contributed by atoms with E-state index in [2.05, 4.69) is 0 Å². The summed E-state index contributed by atoms with van der Waals surface area (Å²) in [5.74, 6) is -0.186. The van der Waals surface area contributed by atoms with E-state index in [-0.39, 0.29) is 17.9 Å². The summed E-state index contributed by atoms with van der Waals surface area (Å²) >= 11 is 0. The molecule has 0 fully saturated rings. The van der Waals surface area contributed by atoms with Gasteiger partial charge < -0.3 is 5.73 Å². The molecule has 0 aromatic heterocycles. The average Bonchev–Trinajstić information content (AvgIpc) is 2.40. The predicted octanol–water partition coefficient (Wildman–Crippen LogP) is 3.65. The molecule has 19 heavy (non-hydrogen) atoms. The molecule has 106 valence electrons. The van der Waals surface area contributed by atoms with Gasteiger partial charge in [-0.2, -0.15) is 13.2 Å². The second-order valence-corrected chi connectivity index (χ2v) is 4.60. The molecule has 1 aromatic carbocycles. The van der Waals surface area contributed by atoms with Gasteiger partial charge >= 0.3 is 6.18 Å². The predicted molar refractivity (Wildman–Crippen MR) is 67.8 cm³/mol. The van der Waals surface area contributed by atoms with E-state index in [0.717, 1.165) is 12.1 Å². The molecular weight excluding hydrogens is 255 g/mol. The highest BCUT2D eigenvalue weighted by Crippen LogP contribution is 2.32. The maximum atomic E-state index is 12.4. The summed E-state index contributed by atoms with van der Waals surface area (Å²) in [6, 6.07) is 4.31. The zero-order valence-corrected chi connectivity index (χ0v) is 11.1. The van der Waals surface area contributed by atoms with E-state index in [4.69, 9.17) is 5.73 Å². The molecule has 0 saturated heterocycles. The van der Waals surface area contributed by atoms with Crippen molar-refractivity contribution < 1.29 is 18.0 Å². The van der Waals surface area contributed by atoms with Crippen LogP contribution in [0.15, 0.2) is 24.3 Å². The fraction of sp³-hybridized carbons (Fsp3) is 0.500. The van der Waals surface area contributed by atoms with E-state index >= 15 is 0 Å². The molecule has 0 aliphatic heterocycles. The minimum absolute atomic E-state index is 0.186. The number of benzene rings is 1. The molecule has 0 heterocycles. The van der Waals surface area contributed by atoms with Crippen molar-refractivity contribution in [2.45, 2.75) is 32.9 Å². The molecule has 2 nitrogen and oxygen atoms in total. The quantitative estimate of drug-likeness (QED) is 0.832. The first-order chi connectivity index (χ1) is 8.80. The van der Waals surface area contributed by atoms with Crippen LogP contribution in [0.3, 0.4) is 0 Å². The molecule has 0 saturated carbocycles. The average molecular weight is 273 g/mol. The summed E-state index contributed by atoms with van der Waals surface area (Å²) in [6.07, 6.45) is -3.25. The Hall–Kier alpha value is -1.36. The minimum atomic E-state index is -4.39. The number of Topliss-reactive ketones (excluding diaryl/α,β-unsaturated/α-hetero) is 1. The molecule has 5 heteroatoms. The van der Waals surface area contributed by atoms with Gasteiger partial charge in [0.1, 0.15) is 0 Å². The van der Waals surface area contributed by atoms with Crippen molar-refractivity contribution in [2.75, 3.05) is 6.54 Å². The van der Waals surface area contributed by atoms with Crippen LogP contribution in [0.25, 0.3) is 0 Å². The van der Waals surface area contributed by atoms with Crippen LogP contribution in [-0.2, 0) is 6.18 Å². The van der Waals surface area contributed by atoms with E-state index in [0.29, 0.717) is 12.8 Å². The van der Waals surface area contributed by atoms with Crippen LogP contribution >= 0.6 is 0 Å². The maximum Gasteiger partial charge on any atom is 0.416 e. The van der Waals surface area contributed by atoms with Crippen molar-refractivity contribution in [3.63, 3.8) is 0 Å². The van der Waals surface area contributed by atoms with E-state index in [1.165, 1.54) is 12.1 Å². The summed E-state index contributed by atoms with van der Waals surface area (Å²) in [5.41, 5.74) is 4.51. The van der Waals surface area contributed by atoms with Gasteiger partial charge in [-0.1, -0.05) is 26.0 Å². The lowest BCUT2D eigenvalue weighted by Gasteiger charge is -2.28. The molecule has 0 amide bonds. The minimum Gasteiger partial charge on any atom is -0.329 e. The highest BCUT2D eigenvalue weighted by Gasteiger charge is 2.35. The van der Waals surface area contributed by atoms with Crippen molar-refractivity contribution in [3.8, 4) is 0 Å². The number of hydrogen-bond donors (Lipinski definition) is 1. The molecule has 0 aliphatic carbocycles. The molecule has 0 atom stereocenters. The van der Waals surface area contributed by atoms with Gasteiger partial charge in [-0.3, -0.25) is 4.79 Å². The number of alkyl halides is 3. The number of nitrogens with two attached hydrogens (primary N) is 1. The molecule has 0 unspecified atom stereocenters. The van der Waals surface area contributed by atoms with Gasteiger partial charge in [-0.05, 0) is 25.0 Å². The van der Waals surface area contributed by atoms with Crippen LogP contribution in [0, 0.1) is 5.41 Å². The Morgan fingerprint density at radius 2 is 1.58 bits per heavy atom. The monoisotopic (exact) mass is 273 g/mol. The van der Waals surface area contributed by atoms with Gasteiger partial charge in [0, 0.05) is 17.5 Å². The zero-order valence-electron chi connectivity index (χ0n) is 11.1. The third-order valence-electron chi connectivity index (χ3n) is 3.70. The van der Waals surface area contributed by atoms with Crippen molar-refractivity contribution >= 4 is 5.78 Å². The molecule has 0 bridgehead atoms. The summed E-state index contributed by atoms with van der Waals surface area (Å²) in [4.78, 5) is 12.4. The smallest absolute Gasteiger partial charge is 0.329 e. The van der Waals surface area contributed by atoms with Gasteiger partial charge in [0.2, 0.25) is 0 Å². The largest absolute Gasteiger partial charge is 0.416 e. The number of halogens is 3. The fourth-order valence-electron chi connectivity index (χ4n) is 2.07. The lowest BCUT2D eigenvalue weighted by atomic mass is 9.76. The Labute approximate surface area is 110 Å². The number of hydrogen-bond acceptors (Lipinski definition) is 2. The highest BCUT2D eigenvalue weighted by atomic mass is 19.4. The van der Waals surface area contributed by atoms with Crippen LogP contribution in [0.5, 0.6) is 0 Å². The standard InChI is InChI=1S/C14H18F3NO/c1-3-13(4-2,9-18)12(19)10-5-7-11(8-6-10)14(15,16)17/h5-8H,3-4,9,18H2,1-2H3. The molecule has 2 N–H and O–H groups in total. The molecule has 0 radical (unpaired) electrons. The highest BCUT2D eigenvalue weighted by molar-refractivity contribution is 6.00. The number of carbonyl (C=O) groups is 1. The van der Waals surface area contributed by atoms with E-state index in [1.807, 2.05) is 13.8 Å². The van der Waals surface area contributed by atoms with Gasteiger partial charge in [-0.15, -0.1) is 0 Å². The van der Waals surface area contributed by atoms with Crippen LogP contribution < -0.4 is 5.73 Å². The van der Waals surface area contributed by atoms with Crippen molar-refractivity contribution in [3.05, 3.63) is 35.4 Å². The molecule has 1 aromatic rings. The van der Waals surface area contributed by atoms with Crippen molar-refractivity contribution in [1.29, 1.82) is 0 Å². The lowest BCUT2D eigenvalue weighted by Crippen LogP contribution is -2.37. The topological polar surface area (TPSA) is 43.1 Å². The summed E-state index contributed by atoms with van der Waals surface area (Å²) in [6.45, 7) is 3.91. The maximum absolute atomic E-state index is 12.4. The summed E-state index contributed by atoms with van der Waals surface area (Å²) in [5, 5.41) is 0. The summed E-state index contributed by atoms with van der Waals surface area (Å²) in [7, 11) is 0. The second kappa shape index (κ2) is 5.74. The summed E-state index contributed by atoms with van der Waals surface area (Å²) < 4.78 is 37.3. The van der Waals surface area contributed by atoms with Gasteiger partial charge in [0.25, 0.3) is 0 Å². The first-order valence-corrected chi connectivity index (χ1v) is 6.23. The first kappa shape index (κ1) is 15.7. The molecule has 0 spiro atoms. The van der Waals surface area contributed by atoms with E-state index in [1.54, 1.807) is 0 Å². The van der Waals surface area contributed by atoms with E-state index < -0.39 is 17.2 Å². The number of rotatable bonds is 5. The van der Waals surface area contributed by atoms with Crippen LogP contribution in [0.4, 0.5) is 13.2 Å².